The van der Waals surface area contributed by atoms with Crippen molar-refractivity contribution in [2.45, 2.75) is 38.3 Å². The molecule has 1 aliphatic rings. The topological polar surface area (TPSA) is 67.1 Å². The van der Waals surface area contributed by atoms with Gasteiger partial charge >= 0.3 is 0 Å². The molecule has 0 spiro atoms. The molecule has 26 heavy (non-hydrogen) atoms. The van der Waals surface area contributed by atoms with E-state index in [0.29, 0.717) is 12.2 Å². The van der Waals surface area contributed by atoms with Crippen molar-refractivity contribution in [3.05, 3.63) is 66.0 Å². The normalized spacial score (nSPS) is 18.2. The number of anilines is 1. The predicted octanol–water partition coefficient (Wildman–Crippen LogP) is 3.06. The monoisotopic (exact) mass is 349 g/mol. The average Bonchev–Trinajstić information content (AvgIpc) is 3.31. The maximum Gasteiger partial charge on any atom is 0.175 e. The number of aliphatic hydroxyl groups excluding tert-OH is 1. The van der Waals surface area contributed by atoms with Gasteiger partial charge in [0.1, 0.15) is 0 Å². The van der Waals surface area contributed by atoms with Crippen LogP contribution in [0.2, 0.25) is 0 Å². The minimum absolute atomic E-state index is 0.275. The van der Waals surface area contributed by atoms with E-state index in [-0.39, 0.29) is 6.04 Å². The van der Waals surface area contributed by atoms with Crippen molar-refractivity contribution in [3.63, 3.8) is 0 Å². The summed E-state index contributed by atoms with van der Waals surface area (Å²) in [6.07, 6.45) is 4.29. The van der Waals surface area contributed by atoms with Crippen molar-refractivity contribution in [2.75, 3.05) is 11.4 Å². The summed E-state index contributed by atoms with van der Waals surface area (Å²) in [5, 5.41) is 23.7. The third-order valence-corrected chi connectivity index (χ3v) is 4.94. The summed E-state index contributed by atoms with van der Waals surface area (Å²) in [6, 6.07) is 16.0. The molecule has 134 valence electrons. The van der Waals surface area contributed by atoms with Gasteiger partial charge in [0.2, 0.25) is 0 Å². The fourth-order valence-corrected chi connectivity index (χ4v) is 3.59. The Morgan fingerprint density at radius 2 is 1.85 bits per heavy atom. The van der Waals surface area contributed by atoms with Crippen LogP contribution >= 0.6 is 0 Å². The van der Waals surface area contributed by atoms with Gasteiger partial charge in [-0.3, -0.25) is 0 Å². The van der Waals surface area contributed by atoms with E-state index >= 15 is 0 Å². The van der Waals surface area contributed by atoms with E-state index in [4.69, 9.17) is 0 Å². The summed E-state index contributed by atoms with van der Waals surface area (Å²) in [5.41, 5.74) is 1.92. The van der Waals surface area contributed by atoms with Gasteiger partial charge in [-0.05, 0) is 49.9 Å². The second-order valence-electron chi connectivity index (χ2n) is 6.80. The van der Waals surface area contributed by atoms with Crippen molar-refractivity contribution in [3.8, 4) is 5.82 Å². The molecule has 2 aromatic heterocycles. The summed E-state index contributed by atoms with van der Waals surface area (Å²) in [4.78, 5) is 2.26. The summed E-state index contributed by atoms with van der Waals surface area (Å²) in [7, 11) is 0. The molecule has 0 radical (unpaired) electrons. The molecule has 1 saturated heterocycles. The first kappa shape index (κ1) is 16.7. The van der Waals surface area contributed by atoms with Crippen LogP contribution in [0, 0.1) is 6.92 Å². The molecule has 0 saturated carbocycles. The molecule has 1 aliphatic heterocycles. The number of aryl methyl sites for hydroxylation is 1. The number of benzene rings is 1. The van der Waals surface area contributed by atoms with Gasteiger partial charge in [-0.15, -0.1) is 10.2 Å². The third kappa shape index (κ3) is 3.46. The maximum atomic E-state index is 10.6. The molecule has 1 fully saturated rings. The van der Waals surface area contributed by atoms with Gasteiger partial charge in [-0.25, -0.2) is 4.68 Å². The van der Waals surface area contributed by atoms with Crippen LogP contribution in [-0.4, -0.2) is 37.7 Å². The molecule has 0 bridgehead atoms. The zero-order valence-corrected chi connectivity index (χ0v) is 14.9. The van der Waals surface area contributed by atoms with Crippen molar-refractivity contribution in [1.82, 2.24) is 20.0 Å². The Kier molecular flexibility index (Phi) is 4.67. The van der Waals surface area contributed by atoms with Crippen LogP contribution in [0.25, 0.3) is 5.82 Å². The Bertz CT molecular complexity index is 846. The van der Waals surface area contributed by atoms with Crippen molar-refractivity contribution < 1.29 is 5.11 Å². The number of rotatable bonds is 5. The van der Waals surface area contributed by atoms with Crippen LogP contribution in [0.5, 0.6) is 0 Å². The highest BCUT2D eigenvalue weighted by atomic mass is 16.3. The molecule has 2 atom stereocenters. The van der Waals surface area contributed by atoms with Crippen LogP contribution in [0.3, 0.4) is 0 Å². The van der Waals surface area contributed by atoms with E-state index < -0.39 is 6.10 Å². The molecule has 0 amide bonds. The van der Waals surface area contributed by atoms with Gasteiger partial charge < -0.3 is 10.0 Å². The first-order valence-corrected chi connectivity index (χ1v) is 9.07. The zero-order valence-electron chi connectivity index (χ0n) is 14.9. The van der Waals surface area contributed by atoms with Crippen molar-refractivity contribution in [1.29, 1.82) is 0 Å². The quantitative estimate of drug-likeness (QED) is 0.767. The van der Waals surface area contributed by atoms with E-state index in [1.807, 2.05) is 61.7 Å². The fourth-order valence-electron chi connectivity index (χ4n) is 3.59. The molecule has 3 heterocycles. The van der Waals surface area contributed by atoms with Crippen molar-refractivity contribution >= 4 is 5.82 Å². The van der Waals surface area contributed by atoms with E-state index in [2.05, 4.69) is 20.2 Å². The Labute approximate surface area is 153 Å². The second kappa shape index (κ2) is 7.25. The lowest BCUT2D eigenvalue weighted by molar-refractivity contribution is 0.158. The Hall–Kier alpha value is -2.73. The summed E-state index contributed by atoms with van der Waals surface area (Å²) in [6.45, 7) is 2.90. The lowest BCUT2D eigenvalue weighted by Gasteiger charge is -2.27. The minimum atomic E-state index is -0.457. The van der Waals surface area contributed by atoms with E-state index in [1.54, 1.807) is 4.68 Å². The molecule has 1 N–H and O–H groups in total. The van der Waals surface area contributed by atoms with Crippen LogP contribution in [0.4, 0.5) is 5.82 Å². The summed E-state index contributed by atoms with van der Waals surface area (Å²) >= 11 is 0. The molecule has 0 unspecified atom stereocenters. The molecule has 4 rings (SSSR count). The standard InChI is InChI=1S/C20H23N5O/c1-15-11-13-25(23-15)20-10-9-19(21-22-20)24-12-5-8-17(24)14-18(26)16-6-3-2-4-7-16/h2-4,6-7,9-11,13,17-18,26H,5,8,12,14H2,1H3/t17-,18+/m1/s1. The second-order valence-corrected chi connectivity index (χ2v) is 6.80. The first-order valence-electron chi connectivity index (χ1n) is 9.07. The highest BCUT2D eigenvalue weighted by molar-refractivity contribution is 5.42. The Morgan fingerprint density at radius 3 is 2.54 bits per heavy atom. The van der Waals surface area contributed by atoms with E-state index in [0.717, 1.165) is 36.5 Å². The number of nitrogens with zero attached hydrogens (tertiary/aromatic N) is 5. The van der Waals surface area contributed by atoms with E-state index in [9.17, 15) is 5.11 Å². The zero-order chi connectivity index (χ0) is 17.9. The molecule has 3 aromatic rings. The number of hydrogen-bond acceptors (Lipinski definition) is 5. The molecule has 6 heteroatoms. The first-order chi connectivity index (χ1) is 12.7. The summed E-state index contributed by atoms with van der Waals surface area (Å²) in [5.74, 6) is 1.57. The fraction of sp³-hybridized carbons (Fsp3) is 0.350. The molecule has 1 aromatic carbocycles. The molecule has 0 aliphatic carbocycles. The van der Waals surface area contributed by atoms with Crippen LogP contribution < -0.4 is 4.90 Å². The lowest BCUT2D eigenvalue weighted by atomic mass is 10.0. The molecular formula is C20H23N5O. The van der Waals surface area contributed by atoms with Crippen LogP contribution in [0.1, 0.15) is 36.6 Å². The number of aliphatic hydroxyl groups is 1. The third-order valence-electron chi connectivity index (χ3n) is 4.94. The largest absolute Gasteiger partial charge is 0.388 e. The molecule has 6 nitrogen and oxygen atoms in total. The van der Waals surface area contributed by atoms with Gasteiger partial charge in [0, 0.05) is 18.8 Å². The smallest absolute Gasteiger partial charge is 0.175 e. The minimum Gasteiger partial charge on any atom is -0.388 e. The van der Waals surface area contributed by atoms with E-state index in [1.165, 1.54) is 0 Å². The molecular weight excluding hydrogens is 326 g/mol. The SMILES string of the molecule is Cc1ccn(-c2ccc(N3CCC[C@@H]3C[C@H](O)c3ccccc3)nn2)n1. The summed E-state index contributed by atoms with van der Waals surface area (Å²) < 4.78 is 1.73. The van der Waals surface area contributed by atoms with Gasteiger partial charge in [0.15, 0.2) is 11.6 Å². The Balaban J connectivity index is 1.48. The maximum absolute atomic E-state index is 10.6. The van der Waals surface area contributed by atoms with Gasteiger partial charge in [-0.1, -0.05) is 30.3 Å². The number of aromatic nitrogens is 4. The highest BCUT2D eigenvalue weighted by Gasteiger charge is 2.28. The lowest BCUT2D eigenvalue weighted by Crippen LogP contribution is -2.31. The Morgan fingerprint density at radius 1 is 1.08 bits per heavy atom. The predicted molar refractivity (Wildman–Crippen MR) is 100 cm³/mol. The van der Waals surface area contributed by atoms with Crippen LogP contribution in [-0.2, 0) is 0 Å². The van der Waals surface area contributed by atoms with Crippen LogP contribution in [0.15, 0.2) is 54.7 Å². The van der Waals surface area contributed by atoms with Gasteiger partial charge in [0.05, 0.1) is 11.8 Å². The van der Waals surface area contributed by atoms with Crippen molar-refractivity contribution in [2.24, 2.45) is 0 Å². The van der Waals surface area contributed by atoms with Gasteiger partial charge in [0.25, 0.3) is 0 Å². The number of hydrogen-bond donors (Lipinski definition) is 1. The average molecular weight is 349 g/mol. The van der Waals surface area contributed by atoms with Gasteiger partial charge in [-0.2, -0.15) is 5.10 Å². The highest BCUT2D eigenvalue weighted by Crippen LogP contribution is 2.30.